The zero-order valence-electron chi connectivity index (χ0n) is 13.5. The van der Waals surface area contributed by atoms with Gasteiger partial charge in [-0.05, 0) is 41.9 Å². The Balaban J connectivity index is 1.34. The summed E-state index contributed by atoms with van der Waals surface area (Å²) in [5.41, 5.74) is 3.97. The molecule has 0 aromatic heterocycles. The molecule has 0 heterocycles. The van der Waals surface area contributed by atoms with E-state index in [0.29, 0.717) is 18.3 Å². The van der Waals surface area contributed by atoms with Gasteiger partial charge in [0, 0.05) is 12.0 Å². The molecule has 0 saturated heterocycles. The number of carbonyl (C=O) groups excluding carboxylic acids is 1. The predicted octanol–water partition coefficient (Wildman–Crippen LogP) is 3.21. The van der Waals surface area contributed by atoms with Crippen LogP contribution in [-0.2, 0) is 17.6 Å². The number of hydrogen-bond acceptors (Lipinski definition) is 2. The van der Waals surface area contributed by atoms with E-state index in [-0.39, 0.29) is 11.9 Å². The average molecular weight is 316 g/mol. The first-order valence-corrected chi connectivity index (χ1v) is 8.59. The van der Waals surface area contributed by atoms with E-state index >= 15 is 0 Å². The number of rotatable bonds is 5. The molecule has 0 bridgehead atoms. The Bertz CT molecular complexity index is 793. The van der Waals surface area contributed by atoms with E-state index in [0.717, 1.165) is 12.8 Å². The monoisotopic (exact) mass is 316 g/mol. The number of hydrogen-bond donors (Lipinski definition) is 1. The first-order valence-electron chi connectivity index (χ1n) is 8.59. The summed E-state index contributed by atoms with van der Waals surface area (Å²) in [5.74, 6) is 0.311. The molecule has 2 aromatic carbocycles. The number of nitrogens with zero attached hydrogens (tertiary/aromatic N) is 1. The van der Waals surface area contributed by atoms with E-state index in [1.54, 1.807) is 0 Å². The SMILES string of the molecule is N#C[C@H](CCc1ccccc1)C(=O)N[C@@H]1[C@@H]2Cc3ccccc3[C@@H]21. The van der Waals surface area contributed by atoms with Gasteiger partial charge in [0.2, 0.25) is 5.91 Å². The van der Waals surface area contributed by atoms with E-state index < -0.39 is 5.92 Å². The first-order chi connectivity index (χ1) is 11.8. The molecule has 1 saturated carbocycles. The van der Waals surface area contributed by atoms with Crippen LogP contribution in [0, 0.1) is 23.2 Å². The third kappa shape index (κ3) is 2.69. The molecule has 1 N–H and O–H groups in total. The van der Waals surface area contributed by atoms with Gasteiger partial charge in [-0.3, -0.25) is 4.79 Å². The number of benzene rings is 2. The molecule has 1 fully saturated rings. The lowest BCUT2D eigenvalue weighted by Crippen LogP contribution is -2.34. The fourth-order valence-corrected chi connectivity index (χ4v) is 4.02. The molecule has 4 rings (SSSR count). The molecule has 4 atom stereocenters. The van der Waals surface area contributed by atoms with Crippen LogP contribution in [0.15, 0.2) is 54.6 Å². The smallest absolute Gasteiger partial charge is 0.237 e. The molecule has 1 amide bonds. The molecule has 24 heavy (non-hydrogen) atoms. The lowest BCUT2D eigenvalue weighted by Gasteiger charge is -2.13. The maximum Gasteiger partial charge on any atom is 0.237 e. The second kappa shape index (κ2) is 6.13. The third-order valence-electron chi connectivity index (χ3n) is 5.38. The maximum atomic E-state index is 12.5. The predicted molar refractivity (Wildman–Crippen MR) is 92.2 cm³/mol. The summed E-state index contributed by atoms with van der Waals surface area (Å²) in [5, 5.41) is 12.5. The topological polar surface area (TPSA) is 52.9 Å². The van der Waals surface area contributed by atoms with Crippen LogP contribution >= 0.6 is 0 Å². The van der Waals surface area contributed by atoms with Gasteiger partial charge in [0.25, 0.3) is 0 Å². The van der Waals surface area contributed by atoms with Gasteiger partial charge >= 0.3 is 0 Å². The van der Waals surface area contributed by atoms with Crippen molar-refractivity contribution in [2.45, 2.75) is 31.2 Å². The molecule has 2 aliphatic rings. The van der Waals surface area contributed by atoms with Crippen molar-refractivity contribution in [3.8, 4) is 6.07 Å². The normalized spacial score (nSPS) is 24.4. The molecule has 0 aliphatic heterocycles. The summed E-state index contributed by atoms with van der Waals surface area (Å²) in [6.07, 6.45) is 2.38. The fourth-order valence-electron chi connectivity index (χ4n) is 4.02. The van der Waals surface area contributed by atoms with Gasteiger partial charge in [0.05, 0.1) is 6.07 Å². The van der Waals surface area contributed by atoms with E-state index in [4.69, 9.17) is 0 Å². The molecule has 2 aromatic rings. The Morgan fingerprint density at radius 3 is 2.71 bits per heavy atom. The lowest BCUT2D eigenvalue weighted by atomic mass is 9.99. The van der Waals surface area contributed by atoms with E-state index in [1.807, 2.05) is 30.3 Å². The van der Waals surface area contributed by atoms with Gasteiger partial charge in [-0.15, -0.1) is 0 Å². The van der Waals surface area contributed by atoms with Crippen LogP contribution in [0.5, 0.6) is 0 Å². The summed E-state index contributed by atoms with van der Waals surface area (Å²) in [6.45, 7) is 0. The highest BCUT2D eigenvalue weighted by Gasteiger charge is 2.56. The van der Waals surface area contributed by atoms with Crippen molar-refractivity contribution in [1.82, 2.24) is 5.32 Å². The summed E-state index contributed by atoms with van der Waals surface area (Å²) < 4.78 is 0. The number of carbonyl (C=O) groups is 1. The standard InChI is InChI=1S/C21H20N2O/c22-13-16(11-10-14-6-2-1-3-7-14)21(24)23-20-18-12-15-8-4-5-9-17(15)19(18)20/h1-9,16,18-20H,10-12H2,(H,23,24)/t16-,18+,19-,20+/m0/s1. The van der Waals surface area contributed by atoms with Gasteiger partial charge in [-0.25, -0.2) is 0 Å². The summed E-state index contributed by atoms with van der Waals surface area (Å²) >= 11 is 0. The van der Waals surface area contributed by atoms with Crippen LogP contribution in [0.1, 0.15) is 29.0 Å². The fraction of sp³-hybridized carbons (Fsp3) is 0.333. The minimum Gasteiger partial charge on any atom is -0.351 e. The largest absolute Gasteiger partial charge is 0.351 e. The zero-order chi connectivity index (χ0) is 16.5. The number of amides is 1. The molecule has 120 valence electrons. The van der Waals surface area contributed by atoms with Crippen molar-refractivity contribution in [3.05, 3.63) is 71.3 Å². The highest BCUT2D eigenvalue weighted by atomic mass is 16.2. The molecule has 3 nitrogen and oxygen atoms in total. The average Bonchev–Trinajstić information content (AvgIpc) is 3.13. The van der Waals surface area contributed by atoms with Gasteiger partial charge < -0.3 is 5.32 Å². The van der Waals surface area contributed by atoms with Crippen LogP contribution in [0.3, 0.4) is 0 Å². The van der Waals surface area contributed by atoms with Crippen LogP contribution in [-0.4, -0.2) is 11.9 Å². The molecule has 2 aliphatic carbocycles. The van der Waals surface area contributed by atoms with E-state index in [1.165, 1.54) is 16.7 Å². The van der Waals surface area contributed by atoms with Gasteiger partial charge in [0.1, 0.15) is 5.92 Å². The molecule has 0 spiro atoms. The minimum absolute atomic E-state index is 0.106. The van der Waals surface area contributed by atoms with Crippen molar-refractivity contribution in [3.63, 3.8) is 0 Å². The van der Waals surface area contributed by atoms with Crippen molar-refractivity contribution >= 4 is 5.91 Å². The van der Waals surface area contributed by atoms with Crippen molar-refractivity contribution < 1.29 is 4.79 Å². The molecule has 0 radical (unpaired) electrons. The van der Waals surface area contributed by atoms with Crippen LogP contribution in [0.4, 0.5) is 0 Å². The van der Waals surface area contributed by atoms with Gasteiger partial charge in [-0.2, -0.15) is 5.26 Å². The van der Waals surface area contributed by atoms with Gasteiger partial charge in [0.15, 0.2) is 0 Å². The maximum absolute atomic E-state index is 12.5. The van der Waals surface area contributed by atoms with E-state index in [2.05, 4.69) is 35.7 Å². The second-order valence-corrected chi connectivity index (χ2v) is 6.83. The van der Waals surface area contributed by atoms with Crippen LogP contribution in [0.2, 0.25) is 0 Å². The Hall–Kier alpha value is -2.60. The Kier molecular flexibility index (Phi) is 3.82. The van der Waals surface area contributed by atoms with E-state index in [9.17, 15) is 10.1 Å². The number of fused-ring (bicyclic) bond motifs is 3. The highest BCUT2D eigenvalue weighted by Crippen LogP contribution is 2.56. The first kappa shape index (κ1) is 15.0. The molecular formula is C21H20N2O. The summed E-state index contributed by atoms with van der Waals surface area (Å²) in [7, 11) is 0. The Morgan fingerprint density at radius 1 is 1.17 bits per heavy atom. The molecule has 0 unspecified atom stereocenters. The summed E-state index contributed by atoms with van der Waals surface area (Å²) in [4.78, 5) is 12.5. The number of nitriles is 1. The minimum atomic E-state index is -0.568. The number of aryl methyl sites for hydroxylation is 1. The lowest BCUT2D eigenvalue weighted by molar-refractivity contribution is -0.123. The number of nitrogens with one attached hydrogen (secondary N) is 1. The Morgan fingerprint density at radius 2 is 1.92 bits per heavy atom. The van der Waals surface area contributed by atoms with Crippen molar-refractivity contribution in [1.29, 1.82) is 5.26 Å². The third-order valence-corrected chi connectivity index (χ3v) is 5.38. The van der Waals surface area contributed by atoms with Crippen LogP contribution in [0.25, 0.3) is 0 Å². The second-order valence-electron chi connectivity index (χ2n) is 6.83. The van der Waals surface area contributed by atoms with Crippen molar-refractivity contribution in [2.75, 3.05) is 0 Å². The molecule has 3 heteroatoms. The highest BCUT2D eigenvalue weighted by molar-refractivity contribution is 5.82. The molecular weight excluding hydrogens is 296 g/mol. The zero-order valence-corrected chi connectivity index (χ0v) is 13.5. The Labute approximate surface area is 142 Å². The van der Waals surface area contributed by atoms with Crippen LogP contribution < -0.4 is 5.32 Å². The summed E-state index contributed by atoms with van der Waals surface area (Å²) in [6, 6.07) is 20.9. The van der Waals surface area contributed by atoms with Crippen molar-refractivity contribution in [2.24, 2.45) is 11.8 Å². The van der Waals surface area contributed by atoms with Gasteiger partial charge in [-0.1, -0.05) is 54.6 Å². The quantitative estimate of drug-likeness (QED) is 0.921.